The van der Waals surface area contributed by atoms with E-state index in [1.54, 1.807) is 0 Å². The predicted octanol–water partition coefficient (Wildman–Crippen LogP) is 4.46. The Bertz CT molecular complexity index is 577. The van der Waals surface area contributed by atoms with Crippen molar-refractivity contribution >= 4 is 15.9 Å². The molecule has 106 valence electrons. The Morgan fingerprint density at radius 3 is 2.55 bits per heavy atom. The normalized spacial score (nSPS) is 12.4. The second-order valence-corrected chi connectivity index (χ2v) is 6.43. The summed E-state index contributed by atoms with van der Waals surface area (Å²) in [7, 11) is 0. The molecule has 0 fully saturated rings. The highest BCUT2D eigenvalue weighted by Crippen LogP contribution is 2.20. The Kier molecular flexibility index (Phi) is 5.38. The minimum absolute atomic E-state index is 0.222. The smallest absolute Gasteiger partial charge is 0.0465 e. The van der Waals surface area contributed by atoms with E-state index < -0.39 is 0 Å². The van der Waals surface area contributed by atoms with Crippen LogP contribution in [0.2, 0.25) is 0 Å². The van der Waals surface area contributed by atoms with E-state index in [9.17, 15) is 5.11 Å². The van der Waals surface area contributed by atoms with Crippen LogP contribution in [0.3, 0.4) is 0 Å². The van der Waals surface area contributed by atoms with Crippen LogP contribution in [0.5, 0.6) is 0 Å². The molecule has 1 atom stereocenters. The molecule has 0 spiro atoms. The highest BCUT2D eigenvalue weighted by atomic mass is 79.9. The Hall–Kier alpha value is -1.12. The Balaban J connectivity index is 2.11. The van der Waals surface area contributed by atoms with Crippen LogP contribution in [0.4, 0.5) is 0 Å². The Labute approximate surface area is 129 Å². The number of benzene rings is 2. The quantitative estimate of drug-likeness (QED) is 0.856. The summed E-state index contributed by atoms with van der Waals surface area (Å²) in [6.45, 7) is 4.48. The van der Waals surface area contributed by atoms with Crippen LogP contribution in [0.15, 0.2) is 46.9 Å². The number of hydrogen-bond donors (Lipinski definition) is 1. The number of aliphatic hydroxyl groups is 1. The van der Waals surface area contributed by atoms with Crippen molar-refractivity contribution in [3.8, 4) is 0 Å². The maximum absolute atomic E-state index is 9.67. The molecule has 0 aliphatic carbocycles. The van der Waals surface area contributed by atoms with E-state index in [1.807, 2.05) is 12.1 Å². The third-order valence-corrected chi connectivity index (χ3v) is 4.18. The fraction of sp³-hybridized carbons (Fsp3) is 0.333. The average molecular weight is 333 g/mol. The lowest BCUT2D eigenvalue weighted by Gasteiger charge is -2.16. The van der Waals surface area contributed by atoms with Crippen LogP contribution < -0.4 is 0 Å². The van der Waals surface area contributed by atoms with Gasteiger partial charge in [-0.1, -0.05) is 51.8 Å². The first-order valence-electron chi connectivity index (χ1n) is 7.00. The average Bonchev–Trinajstić information content (AvgIpc) is 2.42. The second-order valence-electron chi connectivity index (χ2n) is 5.52. The molecule has 1 N–H and O–H groups in total. The van der Waals surface area contributed by atoms with Gasteiger partial charge in [0.1, 0.15) is 0 Å². The lowest BCUT2D eigenvalue weighted by molar-refractivity contribution is 0.225. The van der Waals surface area contributed by atoms with E-state index in [0.717, 1.165) is 17.3 Å². The van der Waals surface area contributed by atoms with Gasteiger partial charge in [0.25, 0.3) is 0 Å². The van der Waals surface area contributed by atoms with Crippen LogP contribution in [0, 0.1) is 19.8 Å². The maximum Gasteiger partial charge on any atom is 0.0465 e. The van der Waals surface area contributed by atoms with Gasteiger partial charge in [0, 0.05) is 11.1 Å². The number of halogens is 1. The monoisotopic (exact) mass is 332 g/mol. The summed E-state index contributed by atoms with van der Waals surface area (Å²) in [5.41, 5.74) is 5.20. The number of hydrogen-bond acceptors (Lipinski definition) is 1. The molecule has 1 unspecified atom stereocenters. The molecule has 0 radical (unpaired) electrons. The third-order valence-electron chi connectivity index (χ3n) is 3.68. The van der Waals surface area contributed by atoms with Crippen molar-refractivity contribution in [3.63, 3.8) is 0 Å². The second kappa shape index (κ2) is 7.05. The van der Waals surface area contributed by atoms with E-state index in [4.69, 9.17) is 0 Å². The van der Waals surface area contributed by atoms with Gasteiger partial charge in [0.15, 0.2) is 0 Å². The highest BCUT2D eigenvalue weighted by Gasteiger charge is 2.11. The first-order chi connectivity index (χ1) is 9.58. The number of aryl methyl sites for hydroxylation is 2. The lowest BCUT2D eigenvalue weighted by Crippen LogP contribution is -2.13. The fourth-order valence-corrected chi connectivity index (χ4v) is 2.98. The van der Waals surface area contributed by atoms with Crippen LogP contribution in [0.1, 0.15) is 22.3 Å². The summed E-state index contributed by atoms with van der Waals surface area (Å²) in [6, 6.07) is 14.9. The zero-order chi connectivity index (χ0) is 14.5. The van der Waals surface area contributed by atoms with Crippen molar-refractivity contribution in [2.45, 2.75) is 26.7 Å². The van der Waals surface area contributed by atoms with Crippen LogP contribution in [-0.2, 0) is 12.8 Å². The fourth-order valence-electron chi connectivity index (χ4n) is 2.53. The zero-order valence-electron chi connectivity index (χ0n) is 12.1. The van der Waals surface area contributed by atoms with Gasteiger partial charge in [-0.15, -0.1) is 0 Å². The molecule has 2 rings (SSSR count). The molecule has 20 heavy (non-hydrogen) atoms. The number of aliphatic hydroxyl groups excluding tert-OH is 1. The summed E-state index contributed by atoms with van der Waals surface area (Å²) in [5.74, 6) is 0.268. The molecule has 2 aromatic rings. The van der Waals surface area contributed by atoms with E-state index in [1.165, 1.54) is 22.3 Å². The molecule has 0 heterocycles. The first kappa shape index (κ1) is 15.3. The van der Waals surface area contributed by atoms with Gasteiger partial charge in [-0.25, -0.2) is 0 Å². The molecular formula is C18H21BrO. The van der Waals surface area contributed by atoms with Crippen LogP contribution in [0.25, 0.3) is 0 Å². The van der Waals surface area contributed by atoms with E-state index >= 15 is 0 Å². The van der Waals surface area contributed by atoms with Crippen molar-refractivity contribution < 1.29 is 5.11 Å². The van der Waals surface area contributed by atoms with E-state index in [0.29, 0.717) is 0 Å². The summed E-state index contributed by atoms with van der Waals surface area (Å²) < 4.78 is 1.10. The first-order valence-corrected chi connectivity index (χ1v) is 7.79. The third kappa shape index (κ3) is 4.19. The van der Waals surface area contributed by atoms with Crippen LogP contribution >= 0.6 is 15.9 Å². The van der Waals surface area contributed by atoms with Gasteiger partial charge in [-0.2, -0.15) is 0 Å². The molecule has 0 saturated carbocycles. The molecule has 0 aliphatic rings. The minimum Gasteiger partial charge on any atom is -0.396 e. The minimum atomic E-state index is 0.222. The van der Waals surface area contributed by atoms with Gasteiger partial charge in [0.05, 0.1) is 0 Å². The molecule has 1 nitrogen and oxygen atoms in total. The van der Waals surface area contributed by atoms with E-state index in [2.05, 4.69) is 60.1 Å². The molecule has 2 aromatic carbocycles. The molecule has 0 amide bonds. The predicted molar refractivity (Wildman–Crippen MR) is 88.0 cm³/mol. The summed E-state index contributed by atoms with van der Waals surface area (Å²) in [4.78, 5) is 0. The Morgan fingerprint density at radius 1 is 1.05 bits per heavy atom. The molecular weight excluding hydrogens is 312 g/mol. The Morgan fingerprint density at radius 2 is 1.85 bits per heavy atom. The van der Waals surface area contributed by atoms with E-state index in [-0.39, 0.29) is 12.5 Å². The summed E-state index contributed by atoms with van der Waals surface area (Å²) in [6.07, 6.45) is 1.83. The summed E-state index contributed by atoms with van der Waals surface area (Å²) in [5, 5.41) is 9.67. The van der Waals surface area contributed by atoms with Crippen molar-refractivity contribution in [3.05, 3.63) is 69.2 Å². The van der Waals surface area contributed by atoms with Crippen molar-refractivity contribution in [1.82, 2.24) is 0 Å². The van der Waals surface area contributed by atoms with Gasteiger partial charge in [-0.05, 0) is 61.4 Å². The van der Waals surface area contributed by atoms with Crippen molar-refractivity contribution in [1.29, 1.82) is 0 Å². The molecule has 0 aliphatic heterocycles. The SMILES string of the molecule is Cc1ccc(C)c(CC(CO)Cc2cccc(Br)c2)c1. The number of rotatable bonds is 5. The topological polar surface area (TPSA) is 20.2 Å². The molecule has 0 bridgehead atoms. The van der Waals surface area contributed by atoms with Gasteiger partial charge in [0.2, 0.25) is 0 Å². The highest BCUT2D eigenvalue weighted by molar-refractivity contribution is 9.10. The standard InChI is InChI=1S/C18H21BrO/c1-13-6-7-14(2)17(8-13)10-16(12-20)9-15-4-3-5-18(19)11-15/h3-8,11,16,20H,9-10,12H2,1-2H3. The van der Waals surface area contributed by atoms with Crippen molar-refractivity contribution in [2.24, 2.45) is 5.92 Å². The lowest BCUT2D eigenvalue weighted by atomic mass is 9.90. The van der Waals surface area contributed by atoms with Crippen LogP contribution in [-0.4, -0.2) is 11.7 Å². The summed E-state index contributed by atoms with van der Waals surface area (Å²) >= 11 is 3.50. The van der Waals surface area contributed by atoms with Gasteiger partial charge < -0.3 is 5.11 Å². The van der Waals surface area contributed by atoms with Crippen molar-refractivity contribution in [2.75, 3.05) is 6.61 Å². The van der Waals surface area contributed by atoms with Gasteiger partial charge >= 0.3 is 0 Å². The zero-order valence-corrected chi connectivity index (χ0v) is 13.7. The largest absolute Gasteiger partial charge is 0.396 e. The van der Waals surface area contributed by atoms with Gasteiger partial charge in [-0.3, -0.25) is 0 Å². The molecule has 0 aromatic heterocycles. The molecule has 2 heteroatoms. The molecule has 0 saturated heterocycles. The maximum atomic E-state index is 9.67.